The van der Waals surface area contributed by atoms with E-state index in [0.29, 0.717) is 6.04 Å². The highest BCUT2D eigenvalue weighted by Gasteiger charge is 2.18. The Morgan fingerprint density at radius 1 is 1.14 bits per heavy atom. The number of anilines is 1. The van der Waals surface area contributed by atoms with Crippen LogP contribution in [0.4, 0.5) is 5.69 Å². The van der Waals surface area contributed by atoms with E-state index in [2.05, 4.69) is 48.6 Å². The van der Waals surface area contributed by atoms with Crippen molar-refractivity contribution >= 4 is 5.69 Å². The molecule has 1 aliphatic carbocycles. The molecule has 1 aromatic heterocycles. The van der Waals surface area contributed by atoms with Crippen molar-refractivity contribution in [2.45, 2.75) is 45.1 Å². The van der Waals surface area contributed by atoms with E-state index in [1.54, 1.807) is 6.26 Å². The lowest BCUT2D eigenvalue weighted by molar-refractivity contribution is 0.496. The first-order chi connectivity index (χ1) is 10.3. The first kappa shape index (κ1) is 14.0. The number of rotatable bonds is 5. The SMILES string of the molecule is Cc1ccc(NC(Cc2ccco2)C2=CCCCC2)cc1. The van der Waals surface area contributed by atoms with Crippen molar-refractivity contribution in [2.24, 2.45) is 0 Å². The minimum Gasteiger partial charge on any atom is -0.469 e. The zero-order valence-corrected chi connectivity index (χ0v) is 12.6. The summed E-state index contributed by atoms with van der Waals surface area (Å²) in [5, 5.41) is 3.69. The van der Waals surface area contributed by atoms with Crippen LogP contribution in [0, 0.1) is 6.92 Å². The van der Waals surface area contributed by atoms with Gasteiger partial charge in [-0.25, -0.2) is 0 Å². The molecule has 1 aliphatic rings. The Balaban J connectivity index is 1.77. The highest BCUT2D eigenvalue weighted by atomic mass is 16.3. The molecule has 2 aromatic rings. The van der Waals surface area contributed by atoms with Crippen LogP contribution in [0.3, 0.4) is 0 Å². The van der Waals surface area contributed by atoms with E-state index < -0.39 is 0 Å². The average molecular weight is 281 g/mol. The Kier molecular flexibility index (Phi) is 4.44. The highest BCUT2D eigenvalue weighted by molar-refractivity contribution is 5.47. The van der Waals surface area contributed by atoms with Gasteiger partial charge < -0.3 is 9.73 Å². The first-order valence-corrected chi connectivity index (χ1v) is 7.86. The van der Waals surface area contributed by atoms with Crippen LogP contribution in [0.25, 0.3) is 0 Å². The fraction of sp³-hybridized carbons (Fsp3) is 0.368. The van der Waals surface area contributed by atoms with Crippen molar-refractivity contribution in [1.29, 1.82) is 0 Å². The highest BCUT2D eigenvalue weighted by Crippen LogP contribution is 2.25. The van der Waals surface area contributed by atoms with E-state index in [1.807, 2.05) is 6.07 Å². The molecule has 1 unspecified atom stereocenters. The van der Waals surface area contributed by atoms with Gasteiger partial charge >= 0.3 is 0 Å². The van der Waals surface area contributed by atoms with Gasteiger partial charge in [-0.05, 0) is 56.9 Å². The summed E-state index contributed by atoms with van der Waals surface area (Å²) in [6, 6.07) is 13.0. The topological polar surface area (TPSA) is 25.2 Å². The van der Waals surface area contributed by atoms with Crippen LogP contribution < -0.4 is 5.32 Å². The number of hydrogen-bond donors (Lipinski definition) is 1. The summed E-state index contributed by atoms with van der Waals surface area (Å²) >= 11 is 0. The number of benzene rings is 1. The molecule has 0 radical (unpaired) electrons. The second-order valence-corrected chi connectivity index (χ2v) is 5.87. The molecule has 0 saturated carbocycles. The van der Waals surface area contributed by atoms with Gasteiger partial charge in [0, 0.05) is 12.1 Å². The average Bonchev–Trinajstić information content (AvgIpc) is 3.03. The number of nitrogens with one attached hydrogen (secondary N) is 1. The first-order valence-electron chi connectivity index (χ1n) is 7.86. The Morgan fingerprint density at radius 3 is 2.67 bits per heavy atom. The van der Waals surface area contributed by atoms with E-state index in [9.17, 15) is 0 Å². The Bertz CT molecular complexity index is 581. The van der Waals surface area contributed by atoms with Crippen molar-refractivity contribution in [2.75, 3.05) is 5.32 Å². The van der Waals surface area contributed by atoms with Gasteiger partial charge in [0.05, 0.1) is 12.3 Å². The van der Waals surface area contributed by atoms with Crippen molar-refractivity contribution < 1.29 is 4.42 Å². The van der Waals surface area contributed by atoms with Crippen LogP contribution in [0.5, 0.6) is 0 Å². The number of hydrogen-bond acceptors (Lipinski definition) is 2. The zero-order chi connectivity index (χ0) is 14.5. The maximum absolute atomic E-state index is 5.54. The fourth-order valence-corrected chi connectivity index (χ4v) is 2.94. The molecule has 110 valence electrons. The van der Waals surface area contributed by atoms with Crippen molar-refractivity contribution in [3.8, 4) is 0 Å². The van der Waals surface area contributed by atoms with Crippen LogP contribution in [-0.2, 0) is 6.42 Å². The molecule has 0 aliphatic heterocycles. The molecule has 3 rings (SSSR count). The fourth-order valence-electron chi connectivity index (χ4n) is 2.94. The molecule has 0 saturated heterocycles. The van der Waals surface area contributed by atoms with E-state index in [4.69, 9.17) is 4.42 Å². The molecule has 1 atom stereocenters. The molecule has 1 aromatic carbocycles. The van der Waals surface area contributed by atoms with Gasteiger partial charge in [0.15, 0.2) is 0 Å². The maximum atomic E-state index is 5.54. The maximum Gasteiger partial charge on any atom is 0.106 e. The molecule has 1 heterocycles. The third kappa shape index (κ3) is 3.78. The zero-order valence-electron chi connectivity index (χ0n) is 12.6. The Morgan fingerprint density at radius 2 is 2.00 bits per heavy atom. The van der Waals surface area contributed by atoms with Crippen molar-refractivity contribution in [3.05, 3.63) is 65.6 Å². The van der Waals surface area contributed by atoms with E-state index in [-0.39, 0.29) is 0 Å². The van der Waals surface area contributed by atoms with Crippen LogP contribution >= 0.6 is 0 Å². The molecule has 1 N–H and O–H groups in total. The van der Waals surface area contributed by atoms with Gasteiger partial charge in [-0.3, -0.25) is 0 Å². The van der Waals surface area contributed by atoms with Gasteiger partial charge in [-0.1, -0.05) is 29.3 Å². The lowest BCUT2D eigenvalue weighted by Crippen LogP contribution is -2.25. The quantitative estimate of drug-likeness (QED) is 0.770. The summed E-state index contributed by atoms with van der Waals surface area (Å²) in [5.74, 6) is 1.05. The third-order valence-corrected chi connectivity index (χ3v) is 4.15. The predicted octanol–water partition coefficient (Wildman–Crippen LogP) is 5.11. The Hall–Kier alpha value is -1.96. The molecular formula is C19H23NO. The van der Waals surface area contributed by atoms with Crippen molar-refractivity contribution in [3.63, 3.8) is 0 Å². The van der Waals surface area contributed by atoms with Crippen molar-refractivity contribution in [1.82, 2.24) is 0 Å². The van der Waals surface area contributed by atoms with Gasteiger partial charge in [0.25, 0.3) is 0 Å². The lowest BCUT2D eigenvalue weighted by atomic mass is 9.91. The van der Waals surface area contributed by atoms with Crippen LogP contribution in [0.1, 0.15) is 37.0 Å². The van der Waals surface area contributed by atoms with E-state index in [0.717, 1.165) is 12.2 Å². The molecule has 0 spiro atoms. The number of aryl methyl sites for hydroxylation is 1. The summed E-state index contributed by atoms with van der Waals surface area (Å²) < 4.78 is 5.54. The standard InChI is InChI=1S/C19H23NO/c1-15-9-11-17(12-10-15)20-19(14-18-8-5-13-21-18)16-6-3-2-4-7-16/h5-6,8-13,19-20H,2-4,7,14H2,1H3. The second kappa shape index (κ2) is 6.66. The molecule has 2 nitrogen and oxygen atoms in total. The molecular weight excluding hydrogens is 258 g/mol. The van der Waals surface area contributed by atoms with Crippen LogP contribution in [0.2, 0.25) is 0 Å². The third-order valence-electron chi connectivity index (χ3n) is 4.15. The van der Waals surface area contributed by atoms with Gasteiger partial charge in [-0.2, -0.15) is 0 Å². The minimum absolute atomic E-state index is 0.333. The lowest BCUT2D eigenvalue weighted by Gasteiger charge is -2.25. The molecule has 0 fully saturated rings. The van der Waals surface area contributed by atoms with E-state index in [1.165, 1.54) is 42.5 Å². The number of furan rings is 1. The van der Waals surface area contributed by atoms with Gasteiger partial charge in [-0.15, -0.1) is 0 Å². The molecule has 0 bridgehead atoms. The summed E-state index contributed by atoms with van der Waals surface area (Å²) in [6.45, 7) is 2.12. The van der Waals surface area contributed by atoms with E-state index >= 15 is 0 Å². The molecule has 21 heavy (non-hydrogen) atoms. The normalized spacial score (nSPS) is 16.3. The summed E-state index contributed by atoms with van der Waals surface area (Å²) in [5.41, 5.74) is 4.00. The molecule has 0 amide bonds. The minimum atomic E-state index is 0.333. The number of allylic oxidation sites excluding steroid dienone is 1. The van der Waals surface area contributed by atoms with Crippen LogP contribution in [-0.4, -0.2) is 6.04 Å². The summed E-state index contributed by atoms with van der Waals surface area (Å²) in [7, 11) is 0. The summed E-state index contributed by atoms with van der Waals surface area (Å²) in [4.78, 5) is 0. The van der Waals surface area contributed by atoms with Gasteiger partial charge in [0.1, 0.15) is 5.76 Å². The predicted molar refractivity (Wildman–Crippen MR) is 87.6 cm³/mol. The van der Waals surface area contributed by atoms with Crippen LogP contribution in [0.15, 0.2) is 58.7 Å². The largest absolute Gasteiger partial charge is 0.469 e. The van der Waals surface area contributed by atoms with Gasteiger partial charge in [0.2, 0.25) is 0 Å². The molecule has 2 heteroatoms. The monoisotopic (exact) mass is 281 g/mol. The smallest absolute Gasteiger partial charge is 0.106 e. The Labute approximate surface area is 126 Å². The summed E-state index contributed by atoms with van der Waals surface area (Å²) in [6.07, 6.45) is 10.1. The second-order valence-electron chi connectivity index (χ2n) is 5.87.